The maximum absolute atomic E-state index is 5.79. The fourth-order valence-corrected chi connectivity index (χ4v) is 3.02. The van der Waals surface area contributed by atoms with Crippen LogP contribution in [0, 0.1) is 3.57 Å². The lowest BCUT2D eigenvalue weighted by Gasteiger charge is -2.34. The molecule has 7 heteroatoms. The van der Waals surface area contributed by atoms with Crippen molar-refractivity contribution in [2.75, 3.05) is 39.3 Å². The molecule has 1 aliphatic heterocycles. The van der Waals surface area contributed by atoms with E-state index in [0.29, 0.717) is 19.8 Å². The van der Waals surface area contributed by atoms with Crippen molar-refractivity contribution in [2.45, 2.75) is 32.0 Å². The SMILES string of the molecule is CCNc1nc(C2(OC)CCOCC2)nc(COC)c1I. The molecule has 1 fully saturated rings. The van der Waals surface area contributed by atoms with Gasteiger partial charge in [-0.3, -0.25) is 0 Å². The molecule has 0 aliphatic carbocycles. The topological polar surface area (TPSA) is 65.5 Å². The molecule has 0 saturated carbocycles. The van der Waals surface area contributed by atoms with Crippen molar-refractivity contribution >= 4 is 28.4 Å². The first-order valence-corrected chi connectivity index (χ1v) is 8.17. The predicted molar refractivity (Wildman–Crippen MR) is 88.4 cm³/mol. The molecular weight excluding hydrogens is 385 g/mol. The molecular formula is C14H22IN3O3. The smallest absolute Gasteiger partial charge is 0.163 e. The third-order valence-electron chi connectivity index (χ3n) is 3.64. The molecule has 0 aromatic carbocycles. The van der Waals surface area contributed by atoms with E-state index in [1.165, 1.54) is 0 Å². The Bertz CT molecular complexity index is 452. The van der Waals surface area contributed by atoms with Gasteiger partial charge in [-0.2, -0.15) is 0 Å². The van der Waals surface area contributed by atoms with Crippen LogP contribution in [0.15, 0.2) is 0 Å². The Balaban J connectivity index is 2.45. The van der Waals surface area contributed by atoms with Crippen LogP contribution in [0.2, 0.25) is 0 Å². The molecule has 6 nitrogen and oxygen atoms in total. The highest BCUT2D eigenvalue weighted by atomic mass is 127. The van der Waals surface area contributed by atoms with Crippen LogP contribution in [0.4, 0.5) is 5.82 Å². The monoisotopic (exact) mass is 407 g/mol. The summed E-state index contributed by atoms with van der Waals surface area (Å²) < 4.78 is 17.5. The number of ether oxygens (including phenoxy) is 3. The summed E-state index contributed by atoms with van der Waals surface area (Å²) in [5, 5.41) is 3.29. The minimum Gasteiger partial charge on any atom is -0.381 e. The van der Waals surface area contributed by atoms with Gasteiger partial charge in [-0.25, -0.2) is 9.97 Å². The second-order valence-electron chi connectivity index (χ2n) is 4.93. The van der Waals surface area contributed by atoms with E-state index in [2.05, 4.69) is 27.9 Å². The molecule has 2 heterocycles. The average molecular weight is 407 g/mol. The number of halogens is 1. The Morgan fingerprint density at radius 1 is 1.29 bits per heavy atom. The van der Waals surface area contributed by atoms with Gasteiger partial charge in [0, 0.05) is 46.8 Å². The lowest BCUT2D eigenvalue weighted by molar-refractivity contribution is -0.100. The van der Waals surface area contributed by atoms with Crippen LogP contribution in [0.3, 0.4) is 0 Å². The third-order valence-corrected chi connectivity index (χ3v) is 4.78. The normalized spacial score (nSPS) is 17.7. The van der Waals surface area contributed by atoms with Crippen LogP contribution in [0.1, 0.15) is 31.3 Å². The molecule has 1 N–H and O–H groups in total. The fraction of sp³-hybridized carbons (Fsp3) is 0.714. The van der Waals surface area contributed by atoms with Gasteiger partial charge in [-0.15, -0.1) is 0 Å². The minimum absolute atomic E-state index is 0.461. The lowest BCUT2D eigenvalue weighted by atomic mass is 9.93. The molecule has 0 amide bonds. The lowest BCUT2D eigenvalue weighted by Crippen LogP contribution is -2.38. The Hall–Kier alpha value is -0.510. The Kier molecular flexibility index (Phi) is 6.15. The van der Waals surface area contributed by atoms with E-state index in [0.717, 1.165) is 40.3 Å². The van der Waals surface area contributed by atoms with Gasteiger partial charge in [0.05, 0.1) is 15.9 Å². The van der Waals surface area contributed by atoms with E-state index in [4.69, 9.17) is 24.2 Å². The predicted octanol–water partition coefficient (Wildman–Crippen LogP) is 2.31. The standard InChI is InChI=1S/C14H22IN3O3/c1-4-16-12-11(15)10(9-19-2)17-13(18-12)14(20-3)5-7-21-8-6-14/h4-9H2,1-3H3,(H,16,17,18). The maximum atomic E-state index is 5.79. The van der Waals surface area contributed by atoms with Gasteiger partial charge in [-0.05, 0) is 29.5 Å². The van der Waals surface area contributed by atoms with Crippen LogP contribution >= 0.6 is 22.6 Å². The van der Waals surface area contributed by atoms with Gasteiger partial charge >= 0.3 is 0 Å². The van der Waals surface area contributed by atoms with Crippen molar-refractivity contribution in [3.63, 3.8) is 0 Å². The van der Waals surface area contributed by atoms with Crippen molar-refractivity contribution in [1.82, 2.24) is 9.97 Å². The molecule has 1 aliphatic rings. The summed E-state index contributed by atoms with van der Waals surface area (Å²) >= 11 is 2.26. The Morgan fingerprint density at radius 2 is 2.00 bits per heavy atom. The summed E-state index contributed by atoms with van der Waals surface area (Å²) in [5.74, 6) is 1.56. The second-order valence-corrected chi connectivity index (χ2v) is 6.01. The van der Waals surface area contributed by atoms with E-state index in [9.17, 15) is 0 Å². The van der Waals surface area contributed by atoms with Crippen LogP contribution in [0.25, 0.3) is 0 Å². The van der Waals surface area contributed by atoms with Crippen molar-refractivity contribution in [3.8, 4) is 0 Å². The zero-order valence-electron chi connectivity index (χ0n) is 12.7. The quantitative estimate of drug-likeness (QED) is 0.731. The fourth-order valence-electron chi connectivity index (χ4n) is 2.43. The highest BCUT2D eigenvalue weighted by Crippen LogP contribution is 2.35. The number of anilines is 1. The van der Waals surface area contributed by atoms with Gasteiger partial charge < -0.3 is 19.5 Å². The number of nitrogens with one attached hydrogen (secondary N) is 1. The van der Waals surface area contributed by atoms with Crippen molar-refractivity contribution in [1.29, 1.82) is 0 Å². The van der Waals surface area contributed by atoms with Crippen molar-refractivity contribution in [2.24, 2.45) is 0 Å². The number of methoxy groups -OCH3 is 2. The highest BCUT2D eigenvalue weighted by Gasteiger charge is 2.38. The number of hydrogen-bond donors (Lipinski definition) is 1. The molecule has 21 heavy (non-hydrogen) atoms. The van der Waals surface area contributed by atoms with E-state index >= 15 is 0 Å². The summed E-state index contributed by atoms with van der Waals surface area (Å²) in [5.41, 5.74) is 0.428. The average Bonchev–Trinajstić information content (AvgIpc) is 2.52. The maximum Gasteiger partial charge on any atom is 0.163 e. The molecule has 1 aromatic rings. The summed E-state index contributed by atoms with van der Waals surface area (Å²) in [6.07, 6.45) is 1.53. The van der Waals surface area contributed by atoms with Crippen molar-refractivity contribution in [3.05, 3.63) is 15.1 Å². The molecule has 1 aromatic heterocycles. The van der Waals surface area contributed by atoms with Crippen LogP contribution in [-0.4, -0.2) is 43.9 Å². The Morgan fingerprint density at radius 3 is 2.57 bits per heavy atom. The third kappa shape index (κ3) is 3.64. The Labute approximate surface area is 139 Å². The summed E-state index contributed by atoms with van der Waals surface area (Å²) in [6.45, 7) is 4.65. The largest absolute Gasteiger partial charge is 0.381 e. The minimum atomic E-state index is -0.463. The van der Waals surface area contributed by atoms with E-state index in [-0.39, 0.29) is 0 Å². The van der Waals surface area contributed by atoms with Crippen LogP contribution in [-0.2, 0) is 26.4 Å². The zero-order valence-corrected chi connectivity index (χ0v) is 14.9. The second kappa shape index (κ2) is 7.66. The number of rotatable bonds is 6. The summed E-state index contributed by atoms with van der Waals surface area (Å²) in [6, 6.07) is 0. The summed E-state index contributed by atoms with van der Waals surface area (Å²) in [7, 11) is 3.39. The number of aromatic nitrogens is 2. The molecule has 1 saturated heterocycles. The van der Waals surface area contributed by atoms with Crippen LogP contribution < -0.4 is 5.32 Å². The van der Waals surface area contributed by atoms with Gasteiger partial charge in [0.2, 0.25) is 0 Å². The first kappa shape index (κ1) is 16.9. The highest BCUT2D eigenvalue weighted by molar-refractivity contribution is 14.1. The van der Waals surface area contributed by atoms with Gasteiger partial charge in [0.25, 0.3) is 0 Å². The van der Waals surface area contributed by atoms with Crippen LogP contribution in [0.5, 0.6) is 0 Å². The zero-order chi connectivity index (χ0) is 15.3. The molecule has 118 valence electrons. The van der Waals surface area contributed by atoms with Crippen molar-refractivity contribution < 1.29 is 14.2 Å². The molecule has 0 radical (unpaired) electrons. The number of nitrogens with zero attached hydrogens (tertiary/aromatic N) is 2. The van der Waals surface area contributed by atoms with E-state index < -0.39 is 5.60 Å². The molecule has 0 spiro atoms. The van der Waals surface area contributed by atoms with Gasteiger partial charge in [0.15, 0.2) is 5.82 Å². The van der Waals surface area contributed by atoms with Gasteiger partial charge in [0.1, 0.15) is 11.4 Å². The van der Waals surface area contributed by atoms with E-state index in [1.54, 1.807) is 14.2 Å². The van der Waals surface area contributed by atoms with Gasteiger partial charge in [-0.1, -0.05) is 0 Å². The number of hydrogen-bond acceptors (Lipinski definition) is 6. The molecule has 0 unspecified atom stereocenters. The first-order chi connectivity index (χ1) is 10.2. The summed E-state index contributed by atoms with van der Waals surface area (Å²) in [4.78, 5) is 9.41. The molecule has 0 bridgehead atoms. The van der Waals surface area contributed by atoms with E-state index in [1.807, 2.05) is 6.92 Å². The first-order valence-electron chi connectivity index (χ1n) is 7.09. The molecule has 0 atom stereocenters. The molecule has 2 rings (SSSR count).